The van der Waals surface area contributed by atoms with Crippen molar-refractivity contribution in [2.24, 2.45) is 5.92 Å². The van der Waals surface area contributed by atoms with Crippen LogP contribution >= 0.6 is 0 Å². The summed E-state index contributed by atoms with van der Waals surface area (Å²) < 4.78 is 7.23. The van der Waals surface area contributed by atoms with Crippen molar-refractivity contribution in [2.45, 2.75) is 19.4 Å². The van der Waals surface area contributed by atoms with E-state index in [0.717, 1.165) is 11.1 Å². The first-order valence-corrected chi connectivity index (χ1v) is 11.7. The van der Waals surface area contributed by atoms with Gasteiger partial charge in [-0.05, 0) is 36.6 Å². The molecule has 36 heavy (non-hydrogen) atoms. The van der Waals surface area contributed by atoms with Crippen LogP contribution in [-0.4, -0.2) is 39.5 Å². The van der Waals surface area contributed by atoms with Crippen LogP contribution < -0.4 is 4.90 Å². The minimum atomic E-state index is -1.17. The Labute approximate surface area is 207 Å². The zero-order valence-corrected chi connectivity index (χ0v) is 19.6. The summed E-state index contributed by atoms with van der Waals surface area (Å²) in [7, 11) is 0. The Morgan fingerprint density at radius 1 is 1.03 bits per heavy atom. The van der Waals surface area contributed by atoms with E-state index in [-0.39, 0.29) is 12.3 Å². The lowest BCUT2D eigenvalue weighted by molar-refractivity contribution is -0.384. The van der Waals surface area contributed by atoms with Crippen molar-refractivity contribution in [3.63, 3.8) is 0 Å². The van der Waals surface area contributed by atoms with Crippen molar-refractivity contribution >= 4 is 34.5 Å². The maximum atomic E-state index is 13.9. The van der Waals surface area contributed by atoms with E-state index in [2.05, 4.69) is 0 Å². The fraction of sp³-hybridized carbons (Fsp3) is 0.222. The molecule has 4 aromatic rings. The smallest absolute Gasteiger partial charge is 0.321 e. The molecule has 2 unspecified atom stereocenters. The number of imidazole rings is 1. The van der Waals surface area contributed by atoms with Crippen LogP contribution in [-0.2, 0) is 20.7 Å². The molecule has 0 saturated heterocycles. The molecule has 0 N–H and O–H groups in total. The molecule has 2 atom stereocenters. The van der Waals surface area contributed by atoms with Crippen molar-refractivity contribution in [2.75, 3.05) is 18.1 Å². The number of amides is 1. The summed E-state index contributed by atoms with van der Waals surface area (Å²) >= 11 is 0. The molecule has 0 bridgehead atoms. The number of ether oxygens (including phenoxy) is 1. The topological polar surface area (TPSA) is 108 Å². The number of hydrogen-bond donors (Lipinski definition) is 0. The summed E-state index contributed by atoms with van der Waals surface area (Å²) in [6.07, 6.45) is 0.577. The number of non-ortho nitro benzene ring substituents is 1. The van der Waals surface area contributed by atoms with Gasteiger partial charge >= 0.3 is 5.97 Å². The highest BCUT2D eigenvalue weighted by atomic mass is 16.6. The van der Waals surface area contributed by atoms with Crippen molar-refractivity contribution in [1.29, 1.82) is 0 Å². The van der Waals surface area contributed by atoms with E-state index >= 15 is 0 Å². The van der Waals surface area contributed by atoms with Crippen LogP contribution in [0.15, 0.2) is 78.9 Å². The molecule has 1 amide bonds. The second-order valence-corrected chi connectivity index (χ2v) is 8.52. The van der Waals surface area contributed by atoms with E-state index < -0.39 is 28.8 Å². The molecule has 0 fully saturated rings. The van der Waals surface area contributed by atoms with E-state index in [1.807, 2.05) is 59.2 Å². The molecule has 0 spiro atoms. The summed E-state index contributed by atoms with van der Waals surface area (Å²) in [6, 6.07) is 22.4. The number of fused-ring (bicyclic) bond motifs is 3. The van der Waals surface area contributed by atoms with E-state index in [1.54, 1.807) is 24.0 Å². The number of carbonyl (C=O) groups is 2. The van der Waals surface area contributed by atoms with E-state index in [4.69, 9.17) is 9.72 Å². The number of benzene rings is 3. The molecule has 0 aliphatic carbocycles. The summed E-state index contributed by atoms with van der Waals surface area (Å²) in [5, 5.41) is 11.2. The zero-order valence-electron chi connectivity index (χ0n) is 19.6. The van der Waals surface area contributed by atoms with Crippen LogP contribution in [0.1, 0.15) is 24.1 Å². The summed E-state index contributed by atoms with van der Waals surface area (Å²) in [4.78, 5) is 44.2. The van der Waals surface area contributed by atoms with Crippen molar-refractivity contribution in [1.82, 2.24) is 9.55 Å². The number of esters is 1. The Morgan fingerprint density at radius 2 is 1.72 bits per heavy atom. The Morgan fingerprint density at radius 3 is 2.42 bits per heavy atom. The molecule has 9 heteroatoms. The highest BCUT2D eigenvalue weighted by Crippen LogP contribution is 2.41. The first-order valence-electron chi connectivity index (χ1n) is 11.7. The lowest BCUT2D eigenvalue weighted by atomic mass is 9.89. The van der Waals surface area contributed by atoms with E-state index in [1.165, 1.54) is 12.1 Å². The second kappa shape index (κ2) is 9.61. The molecule has 0 radical (unpaired) electrons. The predicted octanol–water partition coefficient (Wildman–Crippen LogP) is 4.30. The monoisotopic (exact) mass is 484 g/mol. The van der Waals surface area contributed by atoms with Gasteiger partial charge in [-0.2, -0.15) is 0 Å². The Bertz CT molecular complexity index is 1430. The molecular formula is C27H24N4O5. The van der Waals surface area contributed by atoms with Crippen molar-refractivity contribution in [3.8, 4) is 0 Å². The van der Waals surface area contributed by atoms with Crippen LogP contribution in [0.5, 0.6) is 0 Å². The standard InChI is InChI=1S/C27H24N4O5/c1-2-36-26(33)23-24(19-12-14-20(15-13-19)31(34)35)30-22-11-7-6-10-21(22)28-27(30)29(25(23)32)17-16-18-8-4-3-5-9-18/h3-15,23-24H,2,16-17H2,1H3. The van der Waals surface area contributed by atoms with Gasteiger partial charge in [0.15, 0.2) is 5.92 Å². The number of para-hydroxylation sites is 2. The van der Waals surface area contributed by atoms with Crippen LogP contribution in [0, 0.1) is 16.0 Å². The first-order chi connectivity index (χ1) is 17.5. The number of nitro groups is 1. The van der Waals surface area contributed by atoms with Gasteiger partial charge in [-0.15, -0.1) is 0 Å². The van der Waals surface area contributed by atoms with Gasteiger partial charge < -0.3 is 9.30 Å². The molecule has 1 aromatic heterocycles. The fourth-order valence-electron chi connectivity index (χ4n) is 4.74. The number of carbonyl (C=O) groups excluding carboxylic acids is 2. The quantitative estimate of drug-likeness (QED) is 0.168. The maximum absolute atomic E-state index is 13.9. The second-order valence-electron chi connectivity index (χ2n) is 8.52. The Hall–Kier alpha value is -4.53. The van der Waals surface area contributed by atoms with Crippen LogP contribution in [0.3, 0.4) is 0 Å². The minimum absolute atomic E-state index is 0.0752. The third-order valence-corrected chi connectivity index (χ3v) is 6.40. The van der Waals surface area contributed by atoms with Gasteiger partial charge in [0.2, 0.25) is 11.9 Å². The molecular weight excluding hydrogens is 460 g/mol. The number of nitro benzene ring substituents is 1. The Balaban J connectivity index is 1.67. The number of hydrogen-bond acceptors (Lipinski definition) is 6. The average Bonchev–Trinajstić information content (AvgIpc) is 3.27. The largest absolute Gasteiger partial charge is 0.465 e. The normalized spacial score (nSPS) is 17.1. The summed E-state index contributed by atoms with van der Waals surface area (Å²) in [6.45, 7) is 2.14. The molecule has 0 saturated carbocycles. The van der Waals surface area contributed by atoms with Gasteiger partial charge in [0, 0.05) is 18.7 Å². The molecule has 182 valence electrons. The van der Waals surface area contributed by atoms with E-state index in [0.29, 0.717) is 30.0 Å². The van der Waals surface area contributed by atoms with Gasteiger partial charge in [-0.3, -0.25) is 24.6 Å². The predicted molar refractivity (Wildman–Crippen MR) is 134 cm³/mol. The van der Waals surface area contributed by atoms with Crippen LogP contribution in [0.4, 0.5) is 11.6 Å². The fourth-order valence-corrected chi connectivity index (χ4v) is 4.74. The lowest BCUT2D eigenvalue weighted by Crippen LogP contribution is -2.50. The van der Waals surface area contributed by atoms with Crippen molar-refractivity contribution < 1.29 is 19.2 Å². The number of anilines is 1. The average molecular weight is 485 g/mol. The highest BCUT2D eigenvalue weighted by Gasteiger charge is 2.47. The van der Waals surface area contributed by atoms with Gasteiger partial charge in [0.1, 0.15) is 0 Å². The molecule has 3 aromatic carbocycles. The van der Waals surface area contributed by atoms with Crippen LogP contribution in [0.2, 0.25) is 0 Å². The van der Waals surface area contributed by atoms with Gasteiger partial charge in [-0.1, -0.05) is 54.6 Å². The molecule has 2 heterocycles. The number of rotatable bonds is 7. The molecule has 9 nitrogen and oxygen atoms in total. The highest BCUT2D eigenvalue weighted by molar-refractivity contribution is 6.08. The third-order valence-electron chi connectivity index (χ3n) is 6.40. The summed E-state index contributed by atoms with van der Waals surface area (Å²) in [5.74, 6) is -1.79. The Kier molecular flexibility index (Phi) is 6.20. The number of aromatic nitrogens is 2. The minimum Gasteiger partial charge on any atom is -0.465 e. The SMILES string of the molecule is CCOC(=O)C1C(=O)N(CCc2ccccc2)c2nc3ccccc3n2C1c1ccc([N+](=O)[O-])cc1. The number of nitrogens with zero attached hydrogens (tertiary/aromatic N) is 4. The molecule has 1 aliphatic rings. The van der Waals surface area contributed by atoms with Crippen LogP contribution in [0.25, 0.3) is 11.0 Å². The molecule has 5 rings (SSSR count). The zero-order chi connectivity index (χ0) is 25.2. The maximum Gasteiger partial charge on any atom is 0.321 e. The third kappa shape index (κ3) is 4.08. The van der Waals surface area contributed by atoms with E-state index in [9.17, 15) is 19.7 Å². The van der Waals surface area contributed by atoms with Gasteiger partial charge in [-0.25, -0.2) is 4.98 Å². The lowest BCUT2D eigenvalue weighted by Gasteiger charge is -2.38. The first kappa shape index (κ1) is 23.2. The van der Waals surface area contributed by atoms with Gasteiger partial charge in [0.05, 0.1) is 28.6 Å². The van der Waals surface area contributed by atoms with Crippen molar-refractivity contribution in [3.05, 3.63) is 100 Å². The summed E-state index contributed by atoms with van der Waals surface area (Å²) in [5.41, 5.74) is 3.00. The van der Waals surface area contributed by atoms with Gasteiger partial charge in [0.25, 0.3) is 5.69 Å². The molecule has 1 aliphatic heterocycles.